The summed E-state index contributed by atoms with van der Waals surface area (Å²) >= 11 is 1.47. The fraction of sp³-hybridized carbons (Fsp3) is 0.500. The zero-order valence-corrected chi connectivity index (χ0v) is 20.2. The summed E-state index contributed by atoms with van der Waals surface area (Å²) in [5.74, 6) is 0.367. The second kappa shape index (κ2) is 7.47. The number of fused-ring (bicyclic) bond motifs is 1. The first-order valence-corrected chi connectivity index (χ1v) is 12.9. The number of aromatic hydroxyl groups is 1. The molecule has 1 amide bonds. The smallest absolute Gasteiger partial charge is 0.254 e. The zero-order chi connectivity index (χ0) is 23.8. The molecule has 2 fully saturated rings. The third-order valence-corrected chi connectivity index (χ3v) is 9.18. The molecule has 2 aromatic rings. The van der Waals surface area contributed by atoms with Gasteiger partial charge in [-0.1, -0.05) is 6.07 Å². The number of amides is 1. The van der Waals surface area contributed by atoms with Crippen molar-refractivity contribution >= 4 is 22.9 Å². The Bertz CT molecular complexity index is 1190. The van der Waals surface area contributed by atoms with Crippen molar-refractivity contribution in [2.24, 2.45) is 5.92 Å². The van der Waals surface area contributed by atoms with Crippen LogP contribution in [0.5, 0.6) is 11.5 Å². The van der Waals surface area contributed by atoms with Crippen LogP contribution in [0.3, 0.4) is 0 Å². The van der Waals surface area contributed by atoms with Gasteiger partial charge in [0.2, 0.25) is 0 Å². The lowest BCUT2D eigenvalue weighted by Crippen LogP contribution is -2.73. The van der Waals surface area contributed by atoms with Crippen LogP contribution < -0.4 is 10.1 Å². The van der Waals surface area contributed by atoms with E-state index in [0.717, 1.165) is 24.2 Å². The van der Waals surface area contributed by atoms with Gasteiger partial charge in [0, 0.05) is 23.5 Å². The molecule has 3 heterocycles. The molecule has 2 aliphatic carbocycles. The predicted molar refractivity (Wildman–Crippen MR) is 130 cm³/mol. The molecule has 1 aromatic heterocycles. The van der Waals surface area contributed by atoms with E-state index >= 15 is 0 Å². The summed E-state index contributed by atoms with van der Waals surface area (Å²) in [6, 6.07) is 5.20. The number of benzene rings is 1. The summed E-state index contributed by atoms with van der Waals surface area (Å²) in [6.45, 7) is 5.13. The molecule has 1 saturated carbocycles. The van der Waals surface area contributed by atoms with Gasteiger partial charge < -0.3 is 25.4 Å². The Balaban J connectivity index is 1.45. The number of anilines is 1. The van der Waals surface area contributed by atoms with E-state index in [1.807, 2.05) is 23.8 Å². The van der Waals surface area contributed by atoms with E-state index in [4.69, 9.17) is 4.74 Å². The first kappa shape index (κ1) is 21.9. The molecule has 0 radical (unpaired) electrons. The van der Waals surface area contributed by atoms with E-state index in [1.165, 1.54) is 24.2 Å². The number of carbonyl (C=O) groups excluding carboxylic acids is 1. The summed E-state index contributed by atoms with van der Waals surface area (Å²) in [6.07, 6.45) is 2.71. The van der Waals surface area contributed by atoms with Gasteiger partial charge >= 0.3 is 0 Å². The third-order valence-electron chi connectivity index (χ3n) is 8.49. The Kier molecular flexibility index (Phi) is 4.82. The molecule has 0 unspecified atom stereocenters. The van der Waals surface area contributed by atoms with Gasteiger partial charge in [0.25, 0.3) is 5.91 Å². The quantitative estimate of drug-likeness (QED) is 0.383. The zero-order valence-electron chi connectivity index (χ0n) is 19.4. The average molecular weight is 483 g/mol. The standard InChI is InChI=1S/C26H30N2O5S/c1-14(24(31)27-17-7-10-34-13-17)21(30)23-26-8-9-28(12-15-3-4-15)19(25(26,2)32)11-16-5-6-18(29)22(33-23)20(16)26/h5-7,10,13,15,19,23,29-30,32H,3-4,8-9,11-12H2,1-2H3,(H,27,31)/b21-14-/t19-,23+,25-,26+/m1/s1. The maximum atomic E-state index is 12.9. The number of nitrogens with zero attached hydrogens (tertiary/aromatic N) is 1. The number of rotatable bonds is 5. The molecule has 1 saturated heterocycles. The molecule has 1 spiro atoms. The van der Waals surface area contributed by atoms with Crippen molar-refractivity contribution in [1.29, 1.82) is 0 Å². The van der Waals surface area contributed by atoms with Gasteiger partial charge in [-0.15, -0.1) is 0 Å². The Labute approximate surface area is 202 Å². The minimum absolute atomic E-state index is 0.0107. The van der Waals surface area contributed by atoms with Crippen molar-refractivity contribution in [1.82, 2.24) is 4.90 Å². The number of phenolic OH excluding ortho intramolecular Hbond substituents is 1. The SMILES string of the molecule is C/C(C(=O)Nc1ccsc1)=C(/O)[C@@H]1Oc2c(O)ccc3c2[C@@]12CCN(CC1CC1)[C@H](C3)[C@@]2(C)O. The number of nitrogens with one attached hydrogen (secondary N) is 1. The van der Waals surface area contributed by atoms with Crippen molar-refractivity contribution in [2.45, 2.75) is 62.7 Å². The Hall–Kier alpha value is -2.55. The van der Waals surface area contributed by atoms with E-state index in [9.17, 15) is 20.1 Å². The second-order valence-corrected chi connectivity index (χ2v) is 11.2. The number of hydrogen-bond acceptors (Lipinski definition) is 7. The number of likely N-dealkylation sites (tertiary alicyclic amines) is 1. The maximum absolute atomic E-state index is 12.9. The molecular weight excluding hydrogens is 452 g/mol. The van der Waals surface area contributed by atoms with Crippen LogP contribution >= 0.6 is 11.3 Å². The molecule has 4 N–H and O–H groups in total. The first-order chi connectivity index (χ1) is 16.2. The van der Waals surface area contributed by atoms with Gasteiger partial charge in [-0.25, -0.2) is 0 Å². The minimum atomic E-state index is -1.23. The molecule has 6 rings (SSSR count). The van der Waals surface area contributed by atoms with E-state index in [2.05, 4.69) is 10.2 Å². The van der Waals surface area contributed by atoms with Crippen LogP contribution in [-0.4, -0.2) is 57.0 Å². The highest BCUT2D eigenvalue weighted by atomic mass is 32.1. The number of carbonyl (C=O) groups is 1. The highest BCUT2D eigenvalue weighted by molar-refractivity contribution is 7.08. The molecule has 4 aliphatic rings. The number of aliphatic hydroxyl groups is 2. The van der Waals surface area contributed by atoms with Crippen molar-refractivity contribution in [2.75, 3.05) is 18.4 Å². The number of piperidine rings is 1. The minimum Gasteiger partial charge on any atom is -0.508 e. The van der Waals surface area contributed by atoms with Gasteiger partial charge in [0.1, 0.15) is 5.76 Å². The largest absolute Gasteiger partial charge is 0.508 e. The van der Waals surface area contributed by atoms with Gasteiger partial charge in [-0.3, -0.25) is 9.69 Å². The number of aliphatic hydroxyl groups excluding tert-OH is 1. The Morgan fingerprint density at radius 3 is 2.82 bits per heavy atom. The van der Waals surface area contributed by atoms with Crippen LogP contribution in [0.1, 0.15) is 44.2 Å². The van der Waals surface area contributed by atoms with E-state index in [1.54, 1.807) is 19.1 Å². The van der Waals surface area contributed by atoms with Crippen LogP contribution in [-0.2, 0) is 16.6 Å². The molecule has 4 atom stereocenters. The van der Waals surface area contributed by atoms with Gasteiger partial charge in [-0.2, -0.15) is 11.3 Å². The highest BCUT2D eigenvalue weighted by Crippen LogP contribution is 2.63. The molecule has 34 heavy (non-hydrogen) atoms. The monoisotopic (exact) mass is 482 g/mol. The normalized spacial score (nSPS) is 32.6. The number of phenols is 1. The lowest BCUT2D eigenvalue weighted by molar-refractivity contribution is -0.153. The van der Waals surface area contributed by atoms with Gasteiger partial charge in [0.05, 0.1) is 22.3 Å². The highest BCUT2D eigenvalue weighted by Gasteiger charge is 2.69. The summed E-state index contributed by atoms with van der Waals surface area (Å²) in [7, 11) is 0. The van der Waals surface area contributed by atoms with Gasteiger partial charge in [-0.05, 0) is 75.1 Å². The molecule has 2 aliphatic heterocycles. The molecule has 2 bridgehead atoms. The van der Waals surface area contributed by atoms with E-state index in [-0.39, 0.29) is 23.1 Å². The van der Waals surface area contributed by atoms with Gasteiger partial charge in [0.15, 0.2) is 17.6 Å². The molecule has 8 heteroatoms. The summed E-state index contributed by atoms with van der Waals surface area (Å²) in [4.78, 5) is 15.3. The maximum Gasteiger partial charge on any atom is 0.254 e. The van der Waals surface area contributed by atoms with E-state index < -0.39 is 23.0 Å². The van der Waals surface area contributed by atoms with Crippen molar-refractivity contribution in [3.05, 3.63) is 51.4 Å². The average Bonchev–Trinajstić information content (AvgIpc) is 3.32. The predicted octanol–water partition coefficient (Wildman–Crippen LogP) is 3.71. The number of ether oxygens (including phenoxy) is 1. The summed E-state index contributed by atoms with van der Waals surface area (Å²) < 4.78 is 6.26. The summed E-state index contributed by atoms with van der Waals surface area (Å²) in [5, 5.41) is 40.8. The lowest BCUT2D eigenvalue weighted by atomic mass is 9.53. The Morgan fingerprint density at radius 1 is 1.32 bits per heavy atom. The number of hydrogen-bond donors (Lipinski definition) is 4. The lowest BCUT2D eigenvalue weighted by Gasteiger charge is -2.59. The summed E-state index contributed by atoms with van der Waals surface area (Å²) in [5.41, 5.74) is 0.414. The fourth-order valence-electron chi connectivity index (χ4n) is 6.45. The van der Waals surface area contributed by atoms with Crippen molar-refractivity contribution < 1.29 is 24.9 Å². The van der Waals surface area contributed by atoms with Crippen LogP contribution in [0.4, 0.5) is 5.69 Å². The van der Waals surface area contributed by atoms with Crippen LogP contribution in [0.25, 0.3) is 0 Å². The molecule has 7 nitrogen and oxygen atoms in total. The molecule has 180 valence electrons. The second-order valence-electron chi connectivity index (χ2n) is 10.4. The molecule has 1 aromatic carbocycles. The van der Waals surface area contributed by atoms with Crippen LogP contribution in [0, 0.1) is 5.92 Å². The molecular formula is C26H30N2O5S. The van der Waals surface area contributed by atoms with Crippen molar-refractivity contribution in [3.8, 4) is 11.5 Å². The Morgan fingerprint density at radius 2 is 2.12 bits per heavy atom. The van der Waals surface area contributed by atoms with Crippen molar-refractivity contribution in [3.63, 3.8) is 0 Å². The third kappa shape index (κ3) is 2.98. The first-order valence-electron chi connectivity index (χ1n) is 12.0. The van der Waals surface area contributed by atoms with E-state index in [0.29, 0.717) is 30.2 Å². The van der Waals surface area contributed by atoms with Crippen LogP contribution in [0.15, 0.2) is 40.3 Å². The van der Waals surface area contributed by atoms with Crippen LogP contribution in [0.2, 0.25) is 0 Å². The topological polar surface area (TPSA) is 102 Å². The number of thiophene rings is 1. The fourth-order valence-corrected chi connectivity index (χ4v) is 7.03.